The SMILES string of the molecule is Cc1cc(CN(CC(F)(F)F)C(C)C)oc1CNC1CC1. The Morgan fingerprint density at radius 2 is 2.05 bits per heavy atom. The molecule has 1 aliphatic rings. The lowest BCUT2D eigenvalue weighted by Gasteiger charge is -2.26. The largest absolute Gasteiger partial charge is 0.463 e. The second kappa shape index (κ2) is 6.40. The average Bonchev–Trinajstić information content (AvgIpc) is 3.09. The fraction of sp³-hybridized carbons (Fsp3) is 0.733. The number of nitrogens with one attached hydrogen (secondary N) is 1. The van der Waals surface area contributed by atoms with E-state index in [1.807, 2.05) is 13.0 Å². The van der Waals surface area contributed by atoms with Crippen molar-refractivity contribution in [1.29, 1.82) is 0 Å². The van der Waals surface area contributed by atoms with Gasteiger partial charge in [-0.2, -0.15) is 13.2 Å². The molecule has 0 spiro atoms. The van der Waals surface area contributed by atoms with Crippen molar-refractivity contribution in [2.24, 2.45) is 0 Å². The minimum absolute atomic E-state index is 0.182. The van der Waals surface area contributed by atoms with E-state index >= 15 is 0 Å². The molecule has 1 N–H and O–H groups in total. The van der Waals surface area contributed by atoms with Crippen LogP contribution in [0.1, 0.15) is 43.8 Å². The third-order valence-electron chi connectivity index (χ3n) is 3.67. The van der Waals surface area contributed by atoms with Gasteiger partial charge in [0.1, 0.15) is 11.5 Å². The molecule has 1 saturated carbocycles. The van der Waals surface area contributed by atoms with Crippen molar-refractivity contribution >= 4 is 0 Å². The Hall–Kier alpha value is -1.01. The van der Waals surface area contributed by atoms with Gasteiger partial charge in [0.05, 0.1) is 19.6 Å². The topological polar surface area (TPSA) is 28.4 Å². The molecular formula is C15H23F3N2O. The summed E-state index contributed by atoms with van der Waals surface area (Å²) in [6.07, 6.45) is -1.80. The third-order valence-corrected chi connectivity index (χ3v) is 3.67. The fourth-order valence-electron chi connectivity index (χ4n) is 2.22. The van der Waals surface area contributed by atoms with Crippen molar-refractivity contribution in [3.8, 4) is 0 Å². The van der Waals surface area contributed by atoms with Gasteiger partial charge >= 0.3 is 6.18 Å². The van der Waals surface area contributed by atoms with Crippen LogP contribution in [-0.4, -0.2) is 29.7 Å². The molecule has 0 amide bonds. The number of alkyl halides is 3. The number of rotatable bonds is 7. The highest BCUT2D eigenvalue weighted by molar-refractivity contribution is 5.20. The van der Waals surface area contributed by atoms with Crippen molar-refractivity contribution < 1.29 is 17.6 Å². The summed E-state index contributed by atoms with van der Waals surface area (Å²) in [5, 5.41) is 3.35. The molecule has 0 atom stereocenters. The van der Waals surface area contributed by atoms with E-state index in [4.69, 9.17) is 4.42 Å². The summed E-state index contributed by atoms with van der Waals surface area (Å²) in [5.74, 6) is 1.42. The van der Waals surface area contributed by atoms with E-state index in [0.717, 1.165) is 11.3 Å². The first-order valence-electron chi connectivity index (χ1n) is 7.37. The van der Waals surface area contributed by atoms with E-state index in [9.17, 15) is 13.2 Å². The van der Waals surface area contributed by atoms with Crippen LogP contribution in [0.2, 0.25) is 0 Å². The Morgan fingerprint density at radius 1 is 1.38 bits per heavy atom. The van der Waals surface area contributed by atoms with Gasteiger partial charge in [0.25, 0.3) is 0 Å². The molecule has 1 fully saturated rings. The van der Waals surface area contributed by atoms with Gasteiger partial charge in [-0.25, -0.2) is 0 Å². The van der Waals surface area contributed by atoms with Crippen LogP contribution in [0, 0.1) is 6.92 Å². The number of hydrogen-bond acceptors (Lipinski definition) is 3. The lowest BCUT2D eigenvalue weighted by atomic mass is 10.2. The maximum Gasteiger partial charge on any atom is 0.401 e. The van der Waals surface area contributed by atoms with Gasteiger partial charge in [-0.05, 0) is 45.2 Å². The number of halogens is 3. The maximum absolute atomic E-state index is 12.6. The molecule has 2 rings (SSSR count). The van der Waals surface area contributed by atoms with Gasteiger partial charge in [0.2, 0.25) is 0 Å². The molecule has 120 valence electrons. The van der Waals surface area contributed by atoms with E-state index in [1.54, 1.807) is 13.8 Å². The molecule has 0 aliphatic heterocycles. The first-order valence-corrected chi connectivity index (χ1v) is 7.37. The van der Waals surface area contributed by atoms with E-state index < -0.39 is 12.7 Å². The standard InChI is InChI=1S/C15H23F3N2O/c1-10(2)20(9-15(16,17)18)8-13-6-11(3)14(21-13)7-19-12-4-5-12/h6,10,12,19H,4-5,7-9H2,1-3H3. The average molecular weight is 304 g/mol. The second-order valence-electron chi connectivity index (χ2n) is 6.09. The van der Waals surface area contributed by atoms with Crippen LogP contribution >= 0.6 is 0 Å². The summed E-state index contributed by atoms with van der Waals surface area (Å²) in [5.41, 5.74) is 0.994. The molecule has 1 aliphatic carbocycles. The van der Waals surface area contributed by atoms with Crippen LogP contribution in [0.3, 0.4) is 0 Å². The van der Waals surface area contributed by atoms with Gasteiger partial charge in [-0.15, -0.1) is 0 Å². The highest BCUT2D eigenvalue weighted by Crippen LogP contribution is 2.23. The summed E-state index contributed by atoms with van der Waals surface area (Å²) in [6.45, 7) is 5.37. The number of aryl methyl sites for hydroxylation is 1. The summed E-state index contributed by atoms with van der Waals surface area (Å²) in [7, 11) is 0. The molecule has 21 heavy (non-hydrogen) atoms. The molecular weight excluding hydrogens is 281 g/mol. The Morgan fingerprint density at radius 3 is 2.57 bits per heavy atom. The zero-order valence-electron chi connectivity index (χ0n) is 12.8. The number of hydrogen-bond donors (Lipinski definition) is 1. The maximum atomic E-state index is 12.6. The van der Waals surface area contributed by atoms with Crippen molar-refractivity contribution in [3.05, 3.63) is 23.2 Å². The zero-order chi connectivity index (χ0) is 15.6. The van der Waals surface area contributed by atoms with Crippen molar-refractivity contribution in [2.75, 3.05) is 6.54 Å². The molecule has 0 aromatic carbocycles. The smallest absolute Gasteiger partial charge is 0.401 e. The molecule has 0 bridgehead atoms. The number of furan rings is 1. The first kappa shape index (κ1) is 16.4. The van der Waals surface area contributed by atoms with E-state index in [-0.39, 0.29) is 12.6 Å². The van der Waals surface area contributed by atoms with Crippen LogP contribution < -0.4 is 5.32 Å². The van der Waals surface area contributed by atoms with Gasteiger partial charge in [0.15, 0.2) is 0 Å². The molecule has 3 nitrogen and oxygen atoms in total. The first-order chi connectivity index (χ1) is 9.74. The van der Waals surface area contributed by atoms with Gasteiger partial charge in [-0.1, -0.05) is 0 Å². The lowest BCUT2D eigenvalue weighted by Crippen LogP contribution is -2.38. The van der Waals surface area contributed by atoms with Crippen LogP contribution in [0.5, 0.6) is 0 Å². The highest BCUT2D eigenvalue weighted by atomic mass is 19.4. The van der Waals surface area contributed by atoms with E-state index in [1.165, 1.54) is 17.7 Å². The third kappa shape index (κ3) is 5.36. The molecule has 0 radical (unpaired) electrons. The lowest BCUT2D eigenvalue weighted by molar-refractivity contribution is -0.151. The van der Waals surface area contributed by atoms with Crippen LogP contribution in [-0.2, 0) is 13.1 Å². The van der Waals surface area contributed by atoms with E-state index in [0.29, 0.717) is 18.3 Å². The minimum Gasteiger partial charge on any atom is -0.463 e. The van der Waals surface area contributed by atoms with Crippen LogP contribution in [0.15, 0.2) is 10.5 Å². The quantitative estimate of drug-likeness (QED) is 0.834. The normalized spacial score (nSPS) is 16.2. The van der Waals surface area contributed by atoms with Crippen molar-refractivity contribution in [2.45, 2.75) is 65.0 Å². The Bertz CT molecular complexity index is 464. The monoisotopic (exact) mass is 304 g/mol. The predicted octanol–water partition coefficient (Wildman–Crippen LogP) is 3.61. The summed E-state index contributed by atoms with van der Waals surface area (Å²) in [6, 6.07) is 2.23. The van der Waals surface area contributed by atoms with Crippen molar-refractivity contribution in [1.82, 2.24) is 10.2 Å². The zero-order valence-corrected chi connectivity index (χ0v) is 12.8. The Labute approximate surface area is 123 Å². The van der Waals surface area contributed by atoms with Crippen LogP contribution in [0.25, 0.3) is 0 Å². The fourth-order valence-corrected chi connectivity index (χ4v) is 2.22. The Kier molecular flexibility index (Phi) is 4.99. The molecule has 0 saturated heterocycles. The molecule has 1 heterocycles. The molecule has 1 aromatic rings. The molecule has 0 unspecified atom stereocenters. The number of nitrogens with zero attached hydrogens (tertiary/aromatic N) is 1. The second-order valence-corrected chi connectivity index (χ2v) is 6.09. The van der Waals surface area contributed by atoms with Gasteiger partial charge in [0, 0.05) is 12.1 Å². The summed E-state index contributed by atoms with van der Waals surface area (Å²) < 4.78 is 43.5. The minimum atomic E-state index is -4.19. The van der Waals surface area contributed by atoms with Crippen molar-refractivity contribution in [3.63, 3.8) is 0 Å². The Balaban J connectivity index is 1.97. The molecule has 1 aromatic heterocycles. The van der Waals surface area contributed by atoms with Gasteiger partial charge in [-0.3, -0.25) is 4.90 Å². The summed E-state index contributed by atoms with van der Waals surface area (Å²) in [4.78, 5) is 1.37. The van der Waals surface area contributed by atoms with E-state index in [2.05, 4.69) is 5.32 Å². The summed E-state index contributed by atoms with van der Waals surface area (Å²) >= 11 is 0. The predicted molar refractivity (Wildman–Crippen MR) is 74.9 cm³/mol. The molecule has 6 heteroatoms. The highest BCUT2D eigenvalue weighted by Gasteiger charge is 2.32. The van der Waals surface area contributed by atoms with Crippen LogP contribution in [0.4, 0.5) is 13.2 Å². The van der Waals surface area contributed by atoms with Gasteiger partial charge < -0.3 is 9.73 Å².